The Kier molecular flexibility index (Phi) is 6.48. The van der Waals surface area contributed by atoms with E-state index in [-0.39, 0.29) is 40.9 Å². The van der Waals surface area contributed by atoms with E-state index in [1.165, 1.54) is 22.5 Å². The van der Waals surface area contributed by atoms with Crippen LogP contribution in [0.3, 0.4) is 0 Å². The summed E-state index contributed by atoms with van der Waals surface area (Å²) in [6.07, 6.45) is 0.585. The summed E-state index contributed by atoms with van der Waals surface area (Å²) in [5.41, 5.74) is 3.30. The van der Waals surface area contributed by atoms with Gasteiger partial charge >= 0.3 is 5.97 Å². The van der Waals surface area contributed by atoms with Crippen LogP contribution in [0.4, 0.5) is 5.69 Å². The Morgan fingerprint density at radius 1 is 1.14 bits per heavy atom. The summed E-state index contributed by atoms with van der Waals surface area (Å²) in [5, 5.41) is 25.4. The Morgan fingerprint density at radius 3 is 2.31 bits per heavy atom. The van der Waals surface area contributed by atoms with Gasteiger partial charge in [-0.1, -0.05) is 35.0 Å². The van der Waals surface area contributed by atoms with Gasteiger partial charge in [0.25, 0.3) is 5.69 Å². The molecule has 184 valence electrons. The summed E-state index contributed by atoms with van der Waals surface area (Å²) in [5.74, 6) is -1.30. The van der Waals surface area contributed by atoms with Crippen molar-refractivity contribution in [3.63, 3.8) is 0 Å². The summed E-state index contributed by atoms with van der Waals surface area (Å²) in [6.45, 7) is 5.87. The number of rotatable bonds is 6. The van der Waals surface area contributed by atoms with Crippen LogP contribution in [0, 0.1) is 30.9 Å². The van der Waals surface area contributed by atoms with Gasteiger partial charge in [-0.2, -0.15) is 4.31 Å². The predicted molar refractivity (Wildman–Crippen MR) is 127 cm³/mol. The van der Waals surface area contributed by atoms with Gasteiger partial charge in [-0.05, 0) is 50.8 Å². The second-order valence-electron chi connectivity index (χ2n) is 8.75. The molecule has 1 aliphatic rings. The van der Waals surface area contributed by atoms with E-state index in [2.05, 4.69) is 5.16 Å². The van der Waals surface area contributed by atoms with Gasteiger partial charge in [-0.3, -0.25) is 10.1 Å². The molecule has 1 aromatic heterocycles. The largest absolute Gasteiger partial charge is 0.477 e. The van der Waals surface area contributed by atoms with Crippen molar-refractivity contribution in [3.05, 3.63) is 74.5 Å². The maximum atomic E-state index is 13.1. The van der Waals surface area contributed by atoms with Crippen LogP contribution in [-0.2, 0) is 10.0 Å². The van der Waals surface area contributed by atoms with Gasteiger partial charge in [0.2, 0.25) is 10.0 Å². The zero-order valence-corrected chi connectivity index (χ0v) is 20.3. The third-order valence-electron chi connectivity index (χ3n) is 6.35. The third-order valence-corrected chi connectivity index (χ3v) is 8.30. The van der Waals surface area contributed by atoms with Crippen LogP contribution in [0.1, 0.15) is 51.6 Å². The first-order valence-corrected chi connectivity index (χ1v) is 12.5. The minimum atomic E-state index is -4.09. The first-order valence-electron chi connectivity index (χ1n) is 11.1. The van der Waals surface area contributed by atoms with E-state index in [0.717, 1.165) is 22.8 Å². The lowest BCUT2D eigenvalue weighted by Crippen LogP contribution is -2.38. The lowest BCUT2D eigenvalue weighted by Gasteiger charge is -2.30. The third kappa shape index (κ3) is 4.44. The number of hydrogen-bond donors (Lipinski definition) is 1. The Bertz CT molecular complexity index is 1400. The minimum absolute atomic E-state index is 0.0138. The summed E-state index contributed by atoms with van der Waals surface area (Å²) < 4.78 is 33.0. The zero-order chi connectivity index (χ0) is 25.5. The molecule has 10 nitrogen and oxygen atoms in total. The van der Waals surface area contributed by atoms with Crippen molar-refractivity contribution < 1.29 is 27.8 Å². The highest BCUT2D eigenvalue weighted by Crippen LogP contribution is 2.39. The molecule has 0 radical (unpaired) electrons. The summed E-state index contributed by atoms with van der Waals surface area (Å²) in [7, 11) is -4.09. The number of sulfonamides is 1. The van der Waals surface area contributed by atoms with E-state index in [1.807, 2.05) is 32.9 Å². The number of piperidine rings is 1. The van der Waals surface area contributed by atoms with Gasteiger partial charge in [0.05, 0.1) is 4.92 Å². The number of benzene rings is 2. The van der Waals surface area contributed by atoms with E-state index >= 15 is 0 Å². The molecule has 11 heteroatoms. The molecule has 2 aromatic carbocycles. The monoisotopic (exact) mass is 499 g/mol. The van der Waals surface area contributed by atoms with Crippen LogP contribution in [0.25, 0.3) is 11.3 Å². The summed E-state index contributed by atoms with van der Waals surface area (Å²) in [4.78, 5) is 22.5. The molecule has 1 saturated heterocycles. The first-order chi connectivity index (χ1) is 16.5. The molecule has 0 atom stereocenters. The fraction of sp³-hybridized carbons (Fsp3) is 0.333. The van der Waals surface area contributed by atoms with Crippen LogP contribution in [-0.4, -0.2) is 47.0 Å². The number of nitro benzene ring substituents is 1. The number of hydrogen-bond acceptors (Lipinski definition) is 7. The number of carboxylic acid groups (broad SMARTS) is 1. The van der Waals surface area contributed by atoms with Gasteiger partial charge in [0.15, 0.2) is 10.7 Å². The van der Waals surface area contributed by atoms with E-state index in [0.29, 0.717) is 18.4 Å². The lowest BCUT2D eigenvalue weighted by molar-refractivity contribution is -0.387. The molecule has 2 heterocycles. The van der Waals surface area contributed by atoms with E-state index in [9.17, 15) is 28.4 Å². The highest BCUT2D eigenvalue weighted by molar-refractivity contribution is 7.89. The Balaban J connectivity index is 1.63. The molecule has 1 N–H and O–H groups in total. The van der Waals surface area contributed by atoms with Crippen molar-refractivity contribution in [1.29, 1.82) is 0 Å². The van der Waals surface area contributed by atoms with Crippen molar-refractivity contribution in [3.8, 4) is 11.3 Å². The molecule has 0 bridgehead atoms. The first kappa shape index (κ1) is 24.6. The second kappa shape index (κ2) is 9.23. The van der Waals surface area contributed by atoms with Gasteiger partial charge in [0, 0.05) is 30.6 Å². The molecule has 4 rings (SSSR count). The molecule has 0 aliphatic carbocycles. The molecule has 0 amide bonds. The molecule has 1 fully saturated rings. The van der Waals surface area contributed by atoms with Crippen LogP contribution in [0.2, 0.25) is 0 Å². The van der Waals surface area contributed by atoms with Crippen LogP contribution >= 0.6 is 0 Å². The van der Waals surface area contributed by atoms with Gasteiger partial charge in [0.1, 0.15) is 11.3 Å². The quantitative estimate of drug-likeness (QED) is 0.387. The van der Waals surface area contributed by atoms with Gasteiger partial charge in [-0.25, -0.2) is 13.2 Å². The van der Waals surface area contributed by atoms with Crippen molar-refractivity contribution in [2.45, 2.75) is 44.4 Å². The molecular weight excluding hydrogens is 474 g/mol. The van der Waals surface area contributed by atoms with E-state index in [1.54, 1.807) is 0 Å². The summed E-state index contributed by atoms with van der Waals surface area (Å²) >= 11 is 0. The molecule has 35 heavy (non-hydrogen) atoms. The molecule has 3 aromatic rings. The minimum Gasteiger partial charge on any atom is -0.477 e. The molecule has 0 saturated carbocycles. The van der Waals surface area contributed by atoms with Crippen molar-refractivity contribution in [2.75, 3.05) is 13.1 Å². The molecule has 1 aliphatic heterocycles. The van der Waals surface area contributed by atoms with E-state index < -0.39 is 26.6 Å². The number of aryl methyl sites for hydroxylation is 3. The molecule has 0 spiro atoms. The number of carbonyl (C=O) groups is 1. The number of aromatic nitrogens is 1. The normalized spacial score (nSPS) is 15.3. The highest BCUT2D eigenvalue weighted by atomic mass is 32.2. The highest BCUT2D eigenvalue weighted by Gasteiger charge is 2.37. The Labute approximate surface area is 202 Å². The predicted octanol–water partition coefficient (Wildman–Crippen LogP) is 4.44. The maximum Gasteiger partial charge on any atom is 0.341 e. The van der Waals surface area contributed by atoms with Crippen LogP contribution < -0.4 is 0 Å². The zero-order valence-electron chi connectivity index (χ0n) is 19.5. The topological polar surface area (TPSA) is 144 Å². The molecular formula is C24H25N3O7S. The number of para-hydroxylation sites is 1. The second-order valence-corrected chi connectivity index (χ2v) is 10.7. The number of aromatic carboxylic acids is 1. The van der Waals surface area contributed by atoms with Gasteiger partial charge < -0.3 is 9.63 Å². The number of carboxylic acids is 1. The Morgan fingerprint density at radius 2 is 1.74 bits per heavy atom. The van der Waals surface area contributed by atoms with Crippen LogP contribution in [0.15, 0.2) is 45.8 Å². The Hall–Kier alpha value is -3.57. The molecule has 0 unspecified atom stereocenters. The average Bonchev–Trinajstić information content (AvgIpc) is 3.23. The van der Waals surface area contributed by atoms with Crippen LogP contribution in [0.5, 0.6) is 0 Å². The fourth-order valence-electron chi connectivity index (χ4n) is 4.84. The average molecular weight is 500 g/mol. The van der Waals surface area contributed by atoms with E-state index in [4.69, 9.17) is 4.52 Å². The lowest BCUT2D eigenvalue weighted by atomic mass is 9.89. The van der Waals surface area contributed by atoms with Crippen molar-refractivity contribution in [2.24, 2.45) is 0 Å². The van der Waals surface area contributed by atoms with Crippen molar-refractivity contribution in [1.82, 2.24) is 9.46 Å². The number of nitro groups is 1. The standard InChI is InChI=1S/C24H25N3O7S/c1-14-12-15(2)20(16(3)13-14)22-21(24(28)29)23(34-25-22)17-8-10-26(11-9-17)35(32,33)19-7-5-4-6-18(19)27(30)31/h4-7,12-13,17H,8-11H2,1-3H3,(H,28,29). The van der Waals surface area contributed by atoms with Crippen molar-refractivity contribution >= 4 is 21.7 Å². The summed E-state index contributed by atoms with van der Waals surface area (Å²) in [6, 6.07) is 9.14. The maximum absolute atomic E-state index is 13.1. The fourth-order valence-corrected chi connectivity index (χ4v) is 6.46. The SMILES string of the molecule is Cc1cc(C)c(-c2noc(C3CCN(S(=O)(=O)c4ccccc4[N+](=O)[O-])CC3)c2C(=O)O)c(C)c1. The van der Waals surface area contributed by atoms with Gasteiger partial charge in [-0.15, -0.1) is 0 Å². The number of nitrogens with zero attached hydrogens (tertiary/aromatic N) is 3. The smallest absolute Gasteiger partial charge is 0.341 e.